The lowest BCUT2D eigenvalue weighted by atomic mass is 10.0. The topological polar surface area (TPSA) is 57.5 Å². The van der Waals surface area contributed by atoms with E-state index in [9.17, 15) is 0 Å². The van der Waals surface area contributed by atoms with Crippen molar-refractivity contribution in [1.29, 1.82) is 5.26 Å². The monoisotopic (exact) mass is 241 g/mol. The zero-order valence-electron chi connectivity index (χ0n) is 11.2. The highest BCUT2D eigenvalue weighted by molar-refractivity contribution is 5.03. The van der Waals surface area contributed by atoms with Crippen LogP contribution >= 0.6 is 0 Å². The summed E-state index contributed by atoms with van der Waals surface area (Å²) in [5.41, 5.74) is -0.451. The minimum absolute atomic E-state index is 0.142. The molecule has 0 aromatic carbocycles. The third kappa shape index (κ3) is 3.65. The number of nitrogens with zero attached hydrogens (tertiary/aromatic N) is 2. The molecule has 0 radical (unpaired) electrons. The largest absolute Gasteiger partial charge is 0.377 e. The highest BCUT2D eigenvalue weighted by Crippen LogP contribution is 2.17. The van der Waals surface area contributed by atoms with E-state index in [1.165, 1.54) is 0 Å². The maximum absolute atomic E-state index is 9.08. The predicted octanol–water partition coefficient (Wildman–Crippen LogP) is 0.224. The van der Waals surface area contributed by atoms with E-state index in [0.717, 1.165) is 26.1 Å². The molecule has 0 aliphatic carbocycles. The quantitative estimate of drug-likeness (QED) is 0.721. The molecule has 1 aliphatic rings. The van der Waals surface area contributed by atoms with Gasteiger partial charge in [0.25, 0.3) is 0 Å². The van der Waals surface area contributed by atoms with E-state index in [-0.39, 0.29) is 12.2 Å². The molecule has 1 N–H and O–H groups in total. The SMILES string of the molecule is CNC(C)(C#N)CCN1CC(OC)C(OC)C1. The van der Waals surface area contributed by atoms with Crippen LogP contribution in [0.1, 0.15) is 13.3 Å². The van der Waals surface area contributed by atoms with Crippen LogP contribution in [0.4, 0.5) is 0 Å². The summed E-state index contributed by atoms with van der Waals surface area (Å²) in [6.07, 6.45) is 1.08. The molecule has 1 saturated heterocycles. The molecule has 1 rings (SSSR count). The first-order valence-electron chi connectivity index (χ1n) is 5.96. The number of ether oxygens (including phenoxy) is 2. The lowest BCUT2D eigenvalue weighted by molar-refractivity contribution is -0.00461. The summed E-state index contributed by atoms with van der Waals surface area (Å²) in [6, 6.07) is 2.30. The molecule has 0 saturated carbocycles. The Kier molecular flexibility index (Phi) is 5.34. The van der Waals surface area contributed by atoms with Crippen LogP contribution in [0.3, 0.4) is 0 Å². The van der Waals surface area contributed by atoms with Crippen molar-refractivity contribution < 1.29 is 9.47 Å². The Bertz CT molecular complexity index is 267. The average molecular weight is 241 g/mol. The number of rotatable bonds is 6. The van der Waals surface area contributed by atoms with Crippen molar-refractivity contribution in [2.75, 3.05) is 40.9 Å². The first-order valence-corrected chi connectivity index (χ1v) is 5.96. The second-order valence-corrected chi connectivity index (χ2v) is 4.75. The first kappa shape index (κ1) is 14.4. The third-order valence-corrected chi connectivity index (χ3v) is 3.62. The highest BCUT2D eigenvalue weighted by atomic mass is 16.5. The van der Waals surface area contributed by atoms with Crippen molar-refractivity contribution >= 4 is 0 Å². The van der Waals surface area contributed by atoms with Gasteiger partial charge in [0, 0.05) is 33.9 Å². The van der Waals surface area contributed by atoms with Crippen LogP contribution in [-0.4, -0.2) is 63.5 Å². The molecule has 17 heavy (non-hydrogen) atoms. The molecule has 0 spiro atoms. The Hall–Kier alpha value is -0.670. The summed E-state index contributed by atoms with van der Waals surface area (Å²) in [5.74, 6) is 0. The van der Waals surface area contributed by atoms with Gasteiger partial charge in [-0.2, -0.15) is 5.26 Å². The van der Waals surface area contributed by atoms with Crippen LogP contribution in [0.2, 0.25) is 0 Å². The van der Waals surface area contributed by atoms with Gasteiger partial charge >= 0.3 is 0 Å². The van der Waals surface area contributed by atoms with Crippen LogP contribution < -0.4 is 5.32 Å². The average Bonchev–Trinajstić information content (AvgIpc) is 2.78. The summed E-state index contributed by atoms with van der Waals surface area (Å²) in [5, 5.41) is 12.1. The molecule has 5 heteroatoms. The molecule has 98 valence electrons. The number of nitriles is 1. The third-order valence-electron chi connectivity index (χ3n) is 3.62. The zero-order chi connectivity index (χ0) is 12.9. The number of methoxy groups -OCH3 is 2. The minimum atomic E-state index is -0.451. The lowest BCUT2D eigenvalue weighted by Gasteiger charge is -2.24. The van der Waals surface area contributed by atoms with Gasteiger partial charge in [0.15, 0.2) is 0 Å². The first-order chi connectivity index (χ1) is 8.08. The van der Waals surface area contributed by atoms with Crippen LogP contribution in [0, 0.1) is 11.3 Å². The standard InChI is InChI=1S/C12H23N3O2/c1-12(9-13,14-2)5-6-15-7-10(16-3)11(8-15)17-4/h10-11,14H,5-8H2,1-4H3. The van der Waals surface area contributed by atoms with Gasteiger partial charge in [-0.1, -0.05) is 0 Å². The predicted molar refractivity (Wildman–Crippen MR) is 65.7 cm³/mol. The van der Waals surface area contributed by atoms with Crippen LogP contribution in [0.25, 0.3) is 0 Å². The fourth-order valence-electron chi connectivity index (χ4n) is 2.07. The maximum Gasteiger partial charge on any atom is 0.104 e. The molecule has 1 aliphatic heterocycles. The Balaban J connectivity index is 2.42. The van der Waals surface area contributed by atoms with Gasteiger partial charge in [0.05, 0.1) is 18.3 Å². The summed E-state index contributed by atoms with van der Waals surface area (Å²) >= 11 is 0. The molecule has 0 aromatic rings. The van der Waals surface area contributed by atoms with Crippen molar-refractivity contribution in [3.63, 3.8) is 0 Å². The molecular weight excluding hydrogens is 218 g/mol. The zero-order valence-corrected chi connectivity index (χ0v) is 11.2. The molecule has 1 heterocycles. The van der Waals surface area contributed by atoms with Gasteiger partial charge in [-0.3, -0.25) is 4.90 Å². The van der Waals surface area contributed by atoms with Crippen LogP contribution in [0.5, 0.6) is 0 Å². The van der Waals surface area contributed by atoms with Gasteiger partial charge in [-0.25, -0.2) is 0 Å². The lowest BCUT2D eigenvalue weighted by Crippen LogP contribution is -2.41. The van der Waals surface area contributed by atoms with Gasteiger partial charge in [-0.15, -0.1) is 0 Å². The van der Waals surface area contributed by atoms with Crippen LogP contribution in [0.15, 0.2) is 0 Å². The normalized spacial score (nSPS) is 28.9. The second kappa shape index (κ2) is 6.31. The fraction of sp³-hybridized carbons (Fsp3) is 0.917. The smallest absolute Gasteiger partial charge is 0.104 e. The number of nitrogens with one attached hydrogen (secondary N) is 1. The molecule has 0 aromatic heterocycles. The van der Waals surface area contributed by atoms with Crippen molar-refractivity contribution in [2.24, 2.45) is 0 Å². The van der Waals surface area contributed by atoms with Gasteiger partial charge < -0.3 is 14.8 Å². The molecule has 0 bridgehead atoms. The Labute approximate surface area is 104 Å². The molecule has 3 atom stereocenters. The van der Waals surface area contributed by atoms with Gasteiger partial charge in [0.2, 0.25) is 0 Å². The van der Waals surface area contributed by atoms with E-state index in [4.69, 9.17) is 14.7 Å². The Morgan fingerprint density at radius 2 is 1.88 bits per heavy atom. The van der Waals surface area contributed by atoms with Gasteiger partial charge in [-0.05, 0) is 20.4 Å². The van der Waals surface area contributed by atoms with E-state index in [0.29, 0.717) is 0 Å². The Morgan fingerprint density at radius 3 is 2.24 bits per heavy atom. The second-order valence-electron chi connectivity index (χ2n) is 4.75. The molecule has 1 fully saturated rings. The minimum Gasteiger partial charge on any atom is -0.377 e. The van der Waals surface area contributed by atoms with Crippen molar-refractivity contribution in [1.82, 2.24) is 10.2 Å². The van der Waals surface area contributed by atoms with E-state index in [2.05, 4.69) is 16.3 Å². The Morgan fingerprint density at radius 1 is 1.35 bits per heavy atom. The number of hydrogen-bond donors (Lipinski definition) is 1. The van der Waals surface area contributed by atoms with Gasteiger partial charge in [0.1, 0.15) is 5.54 Å². The van der Waals surface area contributed by atoms with E-state index < -0.39 is 5.54 Å². The number of hydrogen-bond acceptors (Lipinski definition) is 5. The highest BCUT2D eigenvalue weighted by Gasteiger charge is 2.33. The summed E-state index contributed by atoms with van der Waals surface area (Å²) in [6.45, 7) is 4.55. The fourth-order valence-corrected chi connectivity index (χ4v) is 2.07. The molecule has 3 unspecified atom stereocenters. The van der Waals surface area contributed by atoms with E-state index in [1.807, 2.05) is 14.0 Å². The summed E-state index contributed by atoms with van der Waals surface area (Å²) in [4.78, 5) is 2.29. The molecule has 0 amide bonds. The maximum atomic E-state index is 9.08. The van der Waals surface area contributed by atoms with E-state index in [1.54, 1.807) is 14.2 Å². The summed E-state index contributed by atoms with van der Waals surface area (Å²) in [7, 11) is 5.25. The molecular formula is C12H23N3O2. The number of likely N-dealkylation sites (tertiary alicyclic amines) is 1. The summed E-state index contributed by atoms with van der Waals surface area (Å²) < 4.78 is 10.8. The van der Waals surface area contributed by atoms with E-state index >= 15 is 0 Å². The van der Waals surface area contributed by atoms with Crippen molar-refractivity contribution in [3.8, 4) is 6.07 Å². The molecule has 5 nitrogen and oxygen atoms in total. The van der Waals surface area contributed by atoms with Crippen molar-refractivity contribution in [2.45, 2.75) is 31.1 Å². The van der Waals surface area contributed by atoms with Crippen molar-refractivity contribution in [3.05, 3.63) is 0 Å². The van der Waals surface area contributed by atoms with Crippen LogP contribution in [-0.2, 0) is 9.47 Å².